The van der Waals surface area contributed by atoms with Crippen LogP contribution in [0.1, 0.15) is 43.6 Å². The van der Waals surface area contributed by atoms with Crippen molar-refractivity contribution in [1.29, 1.82) is 0 Å². The van der Waals surface area contributed by atoms with Crippen LogP contribution < -0.4 is 10.6 Å². The van der Waals surface area contributed by atoms with Gasteiger partial charge in [-0.2, -0.15) is 4.98 Å². The van der Waals surface area contributed by atoms with Crippen molar-refractivity contribution in [3.8, 4) is 0 Å². The predicted octanol–water partition coefficient (Wildman–Crippen LogP) is 3.30. The molecule has 25 heavy (non-hydrogen) atoms. The van der Waals surface area contributed by atoms with Gasteiger partial charge in [-0.3, -0.25) is 4.99 Å². The average Bonchev–Trinajstić information content (AvgIpc) is 3.00. The third-order valence-electron chi connectivity index (χ3n) is 3.43. The Morgan fingerprint density at radius 3 is 2.48 bits per heavy atom. The first-order valence-corrected chi connectivity index (χ1v) is 7.82. The van der Waals surface area contributed by atoms with Crippen molar-refractivity contribution < 1.29 is 8.91 Å². The number of rotatable bonds is 4. The van der Waals surface area contributed by atoms with Crippen LogP contribution in [0.15, 0.2) is 27.7 Å². The molecular weight excluding hydrogens is 436 g/mol. The lowest BCUT2D eigenvalue weighted by Gasteiger charge is -2.11. The molecule has 0 amide bonds. The number of hydrogen-bond donors (Lipinski definition) is 2. The van der Waals surface area contributed by atoms with Gasteiger partial charge in [-0.1, -0.05) is 38.1 Å². The third kappa shape index (κ3) is 6.26. The number of halogens is 2. The van der Waals surface area contributed by atoms with E-state index in [1.165, 1.54) is 6.07 Å². The van der Waals surface area contributed by atoms with Crippen molar-refractivity contribution in [2.24, 2.45) is 4.99 Å². The van der Waals surface area contributed by atoms with Gasteiger partial charge in [0.2, 0.25) is 5.89 Å². The van der Waals surface area contributed by atoms with E-state index in [1.807, 2.05) is 26.8 Å². The smallest absolute Gasteiger partial charge is 0.232 e. The molecule has 2 aromatic rings. The van der Waals surface area contributed by atoms with Crippen molar-refractivity contribution in [2.45, 2.75) is 46.2 Å². The van der Waals surface area contributed by atoms with E-state index in [-0.39, 0.29) is 35.2 Å². The molecule has 2 rings (SSSR count). The molecule has 6 nitrogen and oxygen atoms in total. The van der Waals surface area contributed by atoms with E-state index in [1.54, 1.807) is 20.0 Å². The Kier molecular flexibility index (Phi) is 7.78. The van der Waals surface area contributed by atoms with E-state index in [9.17, 15) is 4.39 Å². The summed E-state index contributed by atoms with van der Waals surface area (Å²) in [5.41, 5.74) is 1.43. The van der Waals surface area contributed by atoms with Gasteiger partial charge in [0, 0.05) is 19.0 Å². The zero-order valence-electron chi connectivity index (χ0n) is 15.2. The highest BCUT2D eigenvalue weighted by Gasteiger charge is 2.21. The lowest BCUT2D eigenvalue weighted by molar-refractivity contribution is 0.318. The quantitative estimate of drug-likeness (QED) is 0.415. The summed E-state index contributed by atoms with van der Waals surface area (Å²) in [5.74, 6) is 1.58. The molecule has 0 aliphatic carbocycles. The highest BCUT2D eigenvalue weighted by Crippen LogP contribution is 2.19. The fourth-order valence-electron chi connectivity index (χ4n) is 2.02. The fourth-order valence-corrected chi connectivity index (χ4v) is 2.02. The second kappa shape index (κ2) is 9.12. The van der Waals surface area contributed by atoms with Gasteiger partial charge < -0.3 is 15.2 Å². The number of aryl methyl sites for hydroxylation is 1. The highest BCUT2D eigenvalue weighted by molar-refractivity contribution is 14.0. The number of benzene rings is 1. The van der Waals surface area contributed by atoms with Gasteiger partial charge in [-0.15, -0.1) is 24.0 Å². The SMILES string of the molecule is CN=C(NCc1ccc(F)c(C)c1)NCc1noc(C(C)(C)C)n1.I. The average molecular weight is 461 g/mol. The van der Waals surface area contributed by atoms with Gasteiger partial charge in [-0.25, -0.2) is 4.39 Å². The van der Waals surface area contributed by atoms with Crippen LogP contribution in [0.4, 0.5) is 4.39 Å². The minimum Gasteiger partial charge on any atom is -0.352 e. The van der Waals surface area contributed by atoms with Crippen LogP contribution in [0, 0.1) is 12.7 Å². The first kappa shape index (κ1) is 21.3. The fraction of sp³-hybridized carbons (Fsp3) is 0.471. The van der Waals surface area contributed by atoms with Crippen molar-refractivity contribution in [1.82, 2.24) is 20.8 Å². The molecule has 0 bridgehead atoms. The zero-order chi connectivity index (χ0) is 17.7. The molecule has 1 aromatic carbocycles. The largest absolute Gasteiger partial charge is 0.352 e. The van der Waals surface area contributed by atoms with Crippen LogP contribution in [0.25, 0.3) is 0 Å². The first-order valence-electron chi connectivity index (χ1n) is 7.82. The summed E-state index contributed by atoms with van der Waals surface area (Å²) in [6.07, 6.45) is 0. The summed E-state index contributed by atoms with van der Waals surface area (Å²) in [6, 6.07) is 5.03. The van der Waals surface area contributed by atoms with Crippen LogP contribution >= 0.6 is 24.0 Å². The summed E-state index contributed by atoms with van der Waals surface area (Å²) in [7, 11) is 1.68. The second-order valence-electron chi connectivity index (χ2n) is 6.63. The first-order chi connectivity index (χ1) is 11.3. The van der Waals surface area contributed by atoms with Gasteiger partial charge in [-0.05, 0) is 24.1 Å². The second-order valence-corrected chi connectivity index (χ2v) is 6.63. The molecule has 0 spiro atoms. The van der Waals surface area contributed by atoms with E-state index in [2.05, 4.69) is 25.8 Å². The number of nitrogens with zero attached hydrogens (tertiary/aromatic N) is 3. The minimum absolute atomic E-state index is 0. The molecular formula is C17H25FIN5O. The monoisotopic (exact) mass is 461 g/mol. The third-order valence-corrected chi connectivity index (χ3v) is 3.43. The molecule has 0 saturated carbocycles. The number of aliphatic imine (C=N–C) groups is 1. The summed E-state index contributed by atoms with van der Waals surface area (Å²) in [6.45, 7) is 8.74. The van der Waals surface area contributed by atoms with Crippen LogP contribution in [-0.4, -0.2) is 23.1 Å². The maximum atomic E-state index is 13.3. The van der Waals surface area contributed by atoms with Crippen molar-refractivity contribution in [3.05, 3.63) is 46.9 Å². The summed E-state index contributed by atoms with van der Waals surface area (Å²) < 4.78 is 18.5. The van der Waals surface area contributed by atoms with E-state index in [0.717, 1.165) is 5.56 Å². The zero-order valence-corrected chi connectivity index (χ0v) is 17.5. The molecule has 0 radical (unpaired) electrons. The topological polar surface area (TPSA) is 75.3 Å². The Labute approximate surface area is 164 Å². The summed E-state index contributed by atoms with van der Waals surface area (Å²) >= 11 is 0. The Morgan fingerprint density at radius 2 is 1.92 bits per heavy atom. The normalized spacial score (nSPS) is 11.8. The number of guanidine groups is 1. The Morgan fingerprint density at radius 1 is 1.24 bits per heavy atom. The van der Waals surface area contributed by atoms with E-state index >= 15 is 0 Å². The summed E-state index contributed by atoms with van der Waals surface area (Å²) in [5, 5.41) is 10.3. The molecule has 0 atom stereocenters. The number of hydrogen-bond acceptors (Lipinski definition) is 4. The van der Waals surface area contributed by atoms with Gasteiger partial charge in [0.05, 0.1) is 6.54 Å². The maximum absolute atomic E-state index is 13.3. The van der Waals surface area contributed by atoms with Crippen LogP contribution in [0.3, 0.4) is 0 Å². The van der Waals surface area contributed by atoms with Gasteiger partial charge in [0.15, 0.2) is 11.8 Å². The predicted molar refractivity (Wildman–Crippen MR) is 107 cm³/mol. The van der Waals surface area contributed by atoms with Crippen LogP contribution in [-0.2, 0) is 18.5 Å². The van der Waals surface area contributed by atoms with Crippen LogP contribution in [0.2, 0.25) is 0 Å². The highest BCUT2D eigenvalue weighted by atomic mass is 127. The van der Waals surface area contributed by atoms with Crippen molar-refractivity contribution in [2.75, 3.05) is 7.05 Å². The molecule has 2 N–H and O–H groups in total. The van der Waals surface area contributed by atoms with Crippen molar-refractivity contribution in [3.63, 3.8) is 0 Å². The number of nitrogens with one attached hydrogen (secondary N) is 2. The lowest BCUT2D eigenvalue weighted by atomic mass is 9.97. The Hall–Kier alpha value is -1.71. The van der Waals surface area contributed by atoms with E-state index in [4.69, 9.17) is 4.52 Å². The van der Waals surface area contributed by atoms with E-state index in [0.29, 0.717) is 36.3 Å². The molecule has 1 aromatic heterocycles. The lowest BCUT2D eigenvalue weighted by Crippen LogP contribution is -2.36. The Bertz CT molecular complexity index is 724. The van der Waals surface area contributed by atoms with E-state index < -0.39 is 0 Å². The maximum Gasteiger partial charge on any atom is 0.232 e. The minimum atomic E-state index is -0.201. The van der Waals surface area contributed by atoms with Gasteiger partial charge in [0.25, 0.3) is 0 Å². The molecule has 0 saturated heterocycles. The molecule has 0 aliphatic heterocycles. The van der Waals surface area contributed by atoms with Crippen molar-refractivity contribution >= 4 is 29.9 Å². The molecule has 8 heteroatoms. The molecule has 0 fully saturated rings. The van der Waals surface area contributed by atoms with Crippen LogP contribution in [0.5, 0.6) is 0 Å². The standard InChI is InChI=1S/C17H24FN5O.HI/c1-11-8-12(6-7-13(11)18)9-20-16(19-5)21-10-14-22-15(24-23-14)17(2,3)4;/h6-8H,9-10H2,1-5H3,(H2,19,20,21);1H. The van der Waals surface area contributed by atoms with Gasteiger partial charge in [0.1, 0.15) is 5.82 Å². The number of aromatic nitrogens is 2. The molecule has 0 unspecified atom stereocenters. The van der Waals surface area contributed by atoms with Gasteiger partial charge >= 0.3 is 0 Å². The molecule has 138 valence electrons. The molecule has 1 heterocycles. The summed E-state index contributed by atoms with van der Waals surface area (Å²) in [4.78, 5) is 8.51. The Balaban J connectivity index is 0.00000312. The molecule has 0 aliphatic rings.